The van der Waals surface area contributed by atoms with Crippen LogP contribution in [0, 0.1) is 0 Å². The molecule has 0 N–H and O–H groups in total. The Labute approximate surface area is 317 Å². The van der Waals surface area contributed by atoms with Crippen molar-refractivity contribution in [2.24, 2.45) is 0 Å². The molecule has 0 spiro atoms. The molecule has 0 aliphatic rings. The van der Waals surface area contributed by atoms with Crippen LogP contribution in [0.3, 0.4) is 0 Å². The molecule has 0 saturated heterocycles. The van der Waals surface area contributed by atoms with Crippen LogP contribution in [-0.2, 0) is 0 Å². The van der Waals surface area contributed by atoms with Crippen molar-refractivity contribution in [1.29, 1.82) is 0 Å². The van der Waals surface area contributed by atoms with Gasteiger partial charge in [-0.15, -0.1) is 0 Å². The fourth-order valence-electron chi connectivity index (χ4n) is 8.27. The minimum absolute atomic E-state index is 0.863. The summed E-state index contributed by atoms with van der Waals surface area (Å²) < 4.78 is 13.0. The van der Waals surface area contributed by atoms with Gasteiger partial charge in [-0.25, -0.2) is 0 Å². The molecule has 0 amide bonds. The number of rotatable bonds is 6. The van der Waals surface area contributed by atoms with Gasteiger partial charge >= 0.3 is 0 Å². The first-order valence-electron chi connectivity index (χ1n) is 18.7. The van der Waals surface area contributed by atoms with E-state index in [9.17, 15) is 0 Å². The van der Waals surface area contributed by atoms with Gasteiger partial charge in [0.25, 0.3) is 0 Å². The predicted octanol–water partition coefficient (Wildman–Crippen LogP) is 15.1. The molecule has 0 bridgehead atoms. The Balaban J connectivity index is 1.05. The van der Waals surface area contributed by atoms with E-state index in [1.807, 2.05) is 12.1 Å². The number of fused-ring (bicyclic) bond motifs is 8. The summed E-state index contributed by atoms with van der Waals surface area (Å²) in [6.07, 6.45) is 0. The van der Waals surface area contributed by atoms with Gasteiger partial charge in [-0.2, -0.15) is 0 Å². The molecule has 9 aromatic carbocycles. The van der Waals surface area contributed by atoms with Crippen molar-refractivity contribution in [2.45, 2.75) is 0 Å². The molecule has 258 valence electrons. The maximum atomic E-state index is 6.68. The second kappa shape index (κ2) is 12.6. The van der Waals surface area contributed by atoms with Crippen LogP contribution in [0.15, 0.2) is 209 Å². The fourth-order valence-corrected chi connectivity index (χ4v) is 8.27. The molecule has 0 aliphatic carbocycles. The van der Waals surface area contributed by atoms with Crippen LogP contribution in [0.5, 0.6) is 0 Å². The zero-order chi connectivity index (χ0) is 36.3. The summed E-state index contributed by atoms with van der Waals surface area (Å²) in [5.41, 5.74) is 13.7. The number of nitrogens with zero attached hydrogens (tertiary/aromatic N) is 1. The van der Waals surface area contributed by atoms with Gasteiger partial charge in [-0.3, -0.25) is 0 Å². The predicted molar refractivity (Wildman–Crippen MR) is 229 cm³/mol. The van der Waals surface area contributed by atoms with Gasteiger partial charge in [-0.05, 0) is 93.4 Å². The van der Waals surface area contributed by atoms with Crippen LogP contribution >= 0.6 is 0 Å². The third-order valence-electron chi connectivity index (χ3n) is 10.9. The number of hydrogen-bond donors (Lipinski definition) is 0. The van der Waals surface area contributed by atoms with Crippen LogP contribution in [0.2, 0.25) is 0 Å². The Morgan fingerprint density at radius 2 is 0.836 bits per heavy atom. The third-order valence-corrected chi connectivity index (χ3v) is 10.9. The molecule has 0 saturated carbocycles. The maximum absolute atomic E-state index is 6.68. The van der Waals surface area contributed by atoms with Gasteiger partial charge < -0.3 is 13.7 Å². The molecule has 2 heterocycles. The molecule has 0 aliphatic heterocycles. The summed E-state index contributed by atoms with van der Waals surface area (Å²) in [4.78, 5) is 2.30. The fraction of sp³-hybridized carbons (Fsp3) is 0. The highest BCUT2D eigenvalue weighted by Crippen LogP contribution is 2.44. The topological polar surface area (TPSA) is 29.5 Å². The summed E-state index contributed by atoms with van der Waals surface area (Å²) in [5.74, 6) is 0. The first kappa shape index (κ1) is 31.2. The van der Waals surface area contributed by atoms with E-state index in [-0.39, 0.29) is 0 Å². The molecule has 11 rings (SSSR count). The van der Waals surface area contributed by atoms with Crippen molar-refractivity contribution in [2.75, 3.05) is 4.90 Å². The minimum atomic E-state index is 0.863. The molecule has 0 atom stereocenters. The van der Waals surface area contributed by atoms with E-state index in [0.717, 1.165) is 77.5 Å². The lowest BCUT2D eigenvalue weighted by molar-refractivity contribution is 0.669. The second-order valence-electron chi connectivity index (χ2n) is 14.1. The zero-order valence-electron chi connectivity index (χ0n) is 29.8. The number of hydrogen-bond acceptors (Lipinski definition) is 3. The standard InChI is InChI=1S/C52H33NO2/c1-3-12-34(13-4-1)35-22-26-38(27-23-35)53(40-30-31-44-43-17-9-10-20-48(43)54-50(44)32-40)39-28-24-37(25-29-39)41-19-11-21-49-51(41)47-33-46(36-14-5-2-6-15-36)42-16-7-8-18-45(42)52(47)55-49/h1-33H. The van der Waals surface area contributed by atoms with Crippen LogP contribution in [0.1, 0.15) is 0 Å². The highest BCUT2D eigenvalue weighted by molar-refractivity contribution is 6.22. The molecule has 0 fully saturated rings. The first-order valence-corrected chi connectivity index (χ1v) is 18.7. The maximum Gasteiger partial charge on any atom is 0.143 e. The Hall–Kier alpha value is -7.36. The molecule has 2 aromatic heterocycles. The monoisotopic (exact) mass is 703 g/mol. The molecular weight excluding hydrogens is 671 g/mol. The molecule has 0 radical (unpaired) electrons. The van der Waals surface area contributed by atoms with Crippen molar-refractivity contribution in [3.8, 4) is 33.4 Å². The Morgan fingerprint density at radius 1 is 0.291 bits per heavy atom. The zero-order valence-corrected chi connectivity index (χ0v) is 29.8. The normalized spacial score (nSPS) is 11.6. The summed E-state index contributed by atoms with van der Waals surface area (Å²) in [6.45, 7) is 0. The van der Waals surface area contributed by atoms with E-state index in [4.69, 9.17) is 8.83 Å². The van der Waals surface area contributed by atoms with Crippen molar-refractivity contribution in [1.82, 2.24) is 0 Å². The number of furan rings is 2. The van der Waals surface area contributed by atoms with E-state index in [1.165, 1.54) is 27.6 Å². The lowest BCUT2D eigenvalue weighted by Crippen LogP contribution is -2.09. The number of benzene rings is 9. The highest BCUT2D eigenvalue weighted by atomic mass is 16.3. The van der Waals surface area contributed by atoms with Gasteiger partial charge in [0.15, 0.2) is 0 Å². The lowest BCUT2D eigenvalue weighted by atomic mass is 9.93. The molecule has 11 aromatic rings. The molecule has 0 unspecified atom stereocenters. The third kappa shape index (κ3) is 5.20. The smallest absolute Gasteiger partial charge is 0.143 e. The second-order valence-corrected chi connectivity index (χ2v) is 14.1. The molecule has 3 heteroatoms. The van der Waals surface area contributed by atoms with Gasteiger partial charge in [0.1, 0.15) is 22.3 Å². The molecular formula is C52H33NO2. The largest absolute Gasteiger partial charge is 0.456 e. The summed E-state index contributed by atoms with van der Waals surface area (Å²) in [5, 5.41) is 6.77. The quantitative estimate of drug-likeness (QED) is 0.173. The van der Waals surface area contributed by atoms with E-state index in [0.29, 0.717) is 0 Å². The van der Waals surface area contributed by atoms with Crippen molar-refractivity contribution >= 4 is 71.7 Å². The van der Waals surface area contributed by atoms with Gasteiger partial charge in [0.2, 0.25) is 0 Å². The summed E-state index contributed by atoms with van der Waals surface area (Å²) in [7, 11) is 0. The van der Waals surface area contributed by atoms with Crippen molar-refractivity contribution in [3.05, 3.63) is 200 Å². The Kier molecular flexibility index (Phi) is 7.17. The summed E-state index contributed by atoms with van der Waals surface area (Å²) in [6, 6.07) is 70.8. The van der Waals surface area contributed by atoms with Gasteiger partial charge in [0.05, 0.1) is 0 Å². The van der Waals surface area contributed by atoms with E-state index < -0.39 is 0 Å². The van der Waals surface area contributed by atoms with E-state index in [1.54, 1.807) is 0 Å². The number of para-hydroxylation sites is 1. The van der Waals surface area contributed by atoms with E-state index in [2.05, 4.69) is 193 Å². The average Bonchev–Trinajstić information content (AvgIpc) is 3.83. The van der Waals surface area contributed by atoms with Gasteiger partial charge in [0, 0.05) is 50.1 Å². The SMILES string of the molecule is c1ccc(-c2ccc(N(c3ccc(-c4cccc5oc6c7ccccc7c(-c7ccccc7)cc6c45)cc3)c3ccc4c(c3)oc3ccccc34)cc2)cc1. The summed E-state index contributed by atoms with van der Waals surface area (Å²) >= 11 is 0. The van der Waals surface area contributed by atoms with Gasteiger partial charge in [-0.1, -0.05) is 140 Å². The van der Waals surface area contributed by atoms with Crippen LogP contribution in [0.25, 0.3) is 88.0 Å². The van der Waals surface area contributed by atoms with Crippen LogP contribution in [-0.4, -0.2) is 0 Å². The number of anilines is 3. The van der Waals surface area contributed by atoms with Crippen LogP contribution in [0.4, 0.5) is 17.1 Å². The minimum Gasteiger partial charge on any atom is -0.456 e. The first-order chi connectivity index (χ1) is 27.3. The lowest BCUT2D eigenvalue weighted by Gasteiger charge is -2.26. The highest BCUT2D eigenvalue weighted by Gasteiger charge is 2.19. The van der Waals surface area contributed by atoms with Crippen molar-refractivity contribution < 1.29 is 8.83 Å². The average molecular weight is 704 g/mol. The Morgan fingerprint density at radius 3 is 1.58 bits per heavy atom. The van der Waals surface area contributed by atoms with Crippen molar-refractivity contribution in [3.63, 3.8) is 0 Å². The molecule has 3 nitrogen and oxygen atoms in total. The van der Waals surface area contributed by atoms with Crippen LogP contribution < -0.4 is 4.90 Å². The van der Waals surface area contributed by atoms with E-state index >= 15 is 0 Å². The Bertz CT molecular complexity index is 3180. The molecule has 55 heavy (non-hydrogen) atoms.